The van der Waals surface area contributed by atoms with E-state index in [1.54, 1.807) is 24.7 Å². The van der Waals surface area contributed by atoms with Gasteiger partial charge >= 0.3 is 6.09 Å². The fourth-order valence-corrected chi connectivity index (χ4v) is 4.36. The summed E-state index contributed by atoms with van der Waals surface area (Å²) in [5, 5.41) is 4.87. The molecule has 1 unspecified atom stereocenters. The lowest BCUT2D eigenvalue weighted by molar-refractivity contribution is -0.123. The van der Waals surface area contributed by atoms with Crippen LogP contribution in [0.2, 0.25) is 0 Å². The van der Waals surface area contributed by atoms with Crippen molar-refractivity contribution in [3.8, 4) is 0 Å². The van der Waals surface area contributed by atoms with Gasteiger partial charge in [0.1, 0.15) is 35.0 Å². The monoisotopic (exact) mass is 625 g/mol. The number of amides is 3. The summed E-state index contributed by atoms with van der Waals surface area (Å²) in [7, 11) is 4.30. The van der Waals surface area contributed by atoms with Gasteiger partial charge in [-0.25, -0.2) is 27.9 Å². The van der Waals surface area contributed by atoms with Crippen molar-refractivity contribution in [1.29, 1.82) is 0 Å². The number of likely N-dealkylation sites (N-methyl/N-ethyl adjacent to an activating group) is 1. The zero-order chi connectivity index (χ0) is 32.7. The number of anilines is 1. The molecule has 4 rings (SSSR count). The van der Waals surface area contributed by atoms with Crippen molar-refractivity contribution >= 4 is 34.6 Å². The van der Waals surface area contributed by atoms with E-state index in [9.17, 15) is 32.3 Å². The molecule has 3 amide bonds. The summed E-state index contributed by atoms with van der Waals surface area (Å²) in [6.45, 7) is -0.305. The van der Waals surface area contributed by atoms with E-state index >= 15 is 0 Å². The van der Waals surface area contributed by atoms with Crippen LogP contribution in [0.25, 0.3) is 11.0 Å². The number of hydrogen-bond donors (Lipinski definition) is 2. The molecule has 0 aliphatic rings. The number of rotatable bonds is 11. The Morgan fingerprint density at radius 2 is 1.80 bits per heavy atom. The summed E-state index contributed by atoms with van der Waals surface area (Å²) < 4.78 is 49.4. The largest absolute Gasteiger partial charge is 0.453 e. The summed E-state index contributed by atoms with van der Waals surface area (Å²) in [5.74, 6) is -2.84. The first kappa shape index (κ1) is 32.4. The maximum atomic E-state index is 14.5. The Kier molecular flexibility index (Phi) is 10.3. The molecular formula is C30H30F3N7O5. The van der Waals surface area contributed by atoms with Crippen LogP contribution in [0.5, 0.6) is 0 Å². The molecule has 1 atom stereocenters. The number of imidazole rings is 1. The molecule has 0 saturated carbocycles. The molecule has 0 aliphatic carbocycles. The Morgan fingerprint density at radius 1 is 1.07 bits per heavy atom. The van der Waals surface area contributed by atoms with Crippen LogP contribution < -0.4 is 16.2 Å². The number of alkyl carbamates (subject to hydrolysis) is 1. The normalized spacial score (nSPS) is 11.9. The molecule has 0 radical (unpaired) electrons. The predicted molar refractivity (Wildman–Crippen MR) is 158 cm³/mol. The van der Waals surface area contributed by atoms with Crippen LogP contribution in [-0.2, 0) is 27.4 Å². The molecule has 0 bridgehead atoms. The lowest BCUT2D eigenvalue weighted by Crippen LogP contribution is -2.44. The van der Waals surface area contributed by atoms with Crippen LogP contribution in [0.1, 0.15) is 24.2 Å². The molecule has 2 N–H and O–H groups in total. The fourth-order valence-electron chi connectivity index (χ4n) is 4.36. The molecular weight excluding hydrogens is 595 g/mol. The second-order valence-electron chi connectivity index (χ2n) is 10.1. The van der Waals surface area contributed by atoms with Gasteiger partial charge in [0.25, 0.3) is 5.56 Å². The highest BCUT2D eigenvalue weighted by Crippen LogP contribution is 2.21. The lowest BCUT2D eigenvalue weighted by Gasteiger charge is -2.17. The minimum Gasteiger partial charge on any atom is -0.453 e. The molecule has 2 heterocycles. The van der Waals surface area contributed by atoms with E-state index in [4.69, 9.17) is 0 Å². The first-order chi connectivity index (χ1) is 21.5. The van der Waals surface area contributed by atoms with Gasteiger partial charge in [0.05, 0.1) is 43.8 Å². The number of aromatic nitrogens is 4. The van der Waals surface area contributed by atoms with Crippen LogP contribution in [0, 0.1) is 17.5 Å². The van der Waals surface area contributed by atoms with E-state index in [-0.39, 0.29) is 54.4 Å². The molecule has 236 valence electrons. The number of fused-ring (bicyclic) bond motifs is 1. The number of methoxy groups -OCH3 is 1. The smallest absolute Gasteiger partial charge is 0.407 e. The van der Waals surface area contributed by atoms with Gasteiger partial charge < -0.3 is 24.8 Å². The Morgan fingerprint density at radius 3 is 2.51 bits per heavy atom. The van der Waals surface area contributed by atoms with Crippen molar-refractivity contribution in [1.82, 2.24) is 29.3 Å². The molecule has 0 saturated heterocycles. The van der Waals surface area contributed by atoms with E-state index in [1.807, 2.05) is 0 Å². The number of ether oxygens (including phenoxy) is 1. The average molecular weight is 626 g/mol. The minimum atomic E-state index is -1.13. The number of allylic oxidation sites excluding steroid dienone is 1. The molecule has 2 aromatic carbocycles. The number of hydrogen-bond acceptors (Lipinski definition) is 7. The van der Waals surface area contributed by atoms with E-state index in [0.29, 0.717) is 5.52 Å². The molecule has 2 aromatic heterocycles. The van der Waals surface area contributed by atoms with Gasteiger partial charge in [-0.3, -0.25) is 19.0 Å². The van der Waals surface area contributed by atoms with Crippen LogP contribution >= 0.6 is 0 Å². The van der Waals surface area contributed by atoms with Crippen molar-refractivity contribution in [2.24, 2.45) is 0 Å². The molecule has 4 aromatic rings. The van der Waals surface area contributed by atoms with Gasteiger partial charge in [0, 0.05) is 31.8 Å². The van der Waals surface area contributed by atoms with Gasteiger partial charge in [-0.1, -0.05) is 12.1 Å². The van der Waals surface area contributed by atoms with Crippen molar-refractivity contribution in [2.75, 3.05) is 26.5 Å². The quantitative estimate of drug-likeness (QED) is 0.244. The number of carbonyl (C=O) groups is 3. The van der Waals surface area contributed by atoms with E-state index < -0.39 is 41.1 Å². The van der Waals surface area contributed by atoms with Gasteiger partial charge in [-0.2, -0.15) is 0 Å². The molecule has 0 spiro atoms. The number of nitrogens with one attached hydrogen (secondary N) is 2. The van der Waals surface area contributed by atoms with Crippen molar-refractivity contribution in [2.45, 2.75) is 32.0 Å². The third kappa shape index (κ3) is 8.13. The minimum absolute atomic E-state index is 0.0765. The van der Waals surface area contributed by atoms with Gasteiger partial charge in [-0.15, -0.1) is 0 Å². The van der Waals surface area contributed by atoms with E-state index in [1.165, 1.54) is 41.6 Å². The second kappa shape index (κ2) is 14.3. The summed E-state index contributed by atoms with van der Waals surface area (Å²) in [6, 6.07) is 5.87. The number of carbonyl (C=O) groups excluding carboxylic acids is 3. The van der Waals surface area contributed by atoms with Gasteiger partial charge in [0.2, 0.25) is 11.8 Å². The summed E-state index contributed by atoms with van der Waals surface area (Å²) in [6.07, 6.45) is 4.66. The Bertz CT molecular complexity index is 1820. The van der Waals surface area contributed by atoms with E-state index in [0.717, 1.165) is 30.0 Å². The number of benzene rings is 2. The standard InChI is InChI=1S/C30H30F3N7O5/c1-38(2)27(41)7-5-4-6-22(37-30(44)45-3)28(42)36-24-14-34-17-39(29(24)43)16-26-35-23-13-20(32)10-11-25(23)40(26)15-18-8-9-19(31)12-21(18)33/h5,7-14,17,22H,4,6,15-16H2,1-3H3,(H,36,42)(H,37,44). The Labute approximate surface area is 255 Å². The van der Waals surface area contributed by atoms with Crippen molar-refractivity contribution in [3.05, 3.63) is 100 Å². The van der Waals surface area contributed by atoms with Crippen LogP contribution in [0.3, 0.4) is 0 Å². The number of halogens is 3. The van der Waals surface area contributed by atoms with Crippen LogP contribution in [0.15, 0.2) is 65.9 Å². The lowest BCUT2D eigenvalue weighted by atomic mass is 10.1. The highest BCUT2D eigenvalue weighted by Gasteiger charge is 2.23. The van der Waals surface area contributed by atoms with Crippen molar-refractivity contribution in [3.63, 3.8) is 0 Å². The summed E-state index contributed by atoms with van der Waals surface area (Å²) >= 11 is 0. The first-order valence-electron chi connectivity index (χ1n) is 13.6. The predicted octanol–water partition coefficient (Wildman–Crippen LogP) is 3.19. The molecule has 45 heavy (non-hydrogen) atoms. The van der Waals surface area contributed by atoms with E-state index in [2.05, 4.69) is 25.3 Å². The average Bonchev–Trinajstić information content (AvgIpc) is 3.32. The zero-order valence-electron chi connectivity index (χ0n) is 24.6. The maximum Gasteiger partial charge on any atom is 0.407 e. The highest BCUT2D eigenvalue weighted by molar-refractivity contribution is 5.96. The summed E-state index contributed by atoms with van der Waals surface area (Å²) in [4.78, 5) is 60.0. The molecule has 15 heteroatoms. The molecule has 0 aliphatic heterocycles. The van der Waals surface area contributed by atoms with Crippen LogP contribution in [0.4, 0.5) is 23.7 Å². The third-order valence-electron chi connectivity index (χ3n) is 6.72. The second-order valence-corrected chi connectivity index (χ2v) is 10.1. The Balaban J connectivity index is 1.59. The van der Waals surface area contributed by atoms with Gasteiger partial charge in [0.15, 0.2) is 0 Å². The highest BCUT2D eigenvalue weighted by atomic mass is 19.1. The molecule has 12 nitrogen and oxygen atoms in total. The fraction of sp³-hybridized carbons (Fsp3) is 0.267. The van der Waals surface area contributed by atoms with Crippen LogP contribution in [-0.4, -0.2) is 69.2 Å². The number of nitrogens with zero attached hydrogens (tertiary/aromatic N) is 5. The molecule has 0 fully saturated rings. The SMILES string of the molecule is COC(=O)NC(CCC=CC(=O)N(C)C)C(=O)Nc1cncn(Cc2nc3cc(F)ccc3n2Cc2ccc(F)cc2F)c1=O. The van der Waals surface area contributed by atoms with Crippen molar-refractivity contribution < 1.29 is 32.3 Å². The maximum absolute atomic E-state index is 14.5. The zero-order valence-corrected chi connectivity index (χ0v) is 24.6. The first-order valence-corrected chi connectivity index (χ1v) is 13.6. The Hall–Kier alpha value is -5.47. The van der Waals surface area contributed by atoms with Gasteiger partial charge in [-0.05, 0) is 37.1 Å². The topological polar surface area (TPSA) is 140 Å². The summed E-state index contributed by atoms with van der Waals surface area (Å²) in [5.41, 5.74) is -0.0623. The third-order valence-corrected chi connectivity index (χ3v) is 6.72.